The molecule has 0 aliphatic carbocycles. The molecule has 0 saturated heterocycles. The highest BCUT2D eigenvalue weighted by Crippen LogP contribution is 2.21. The summed E-state index contributed by atoms with van der Waals surface area (Å²) in [7, 11) is 0. The lowest BCUT2D eigenvalue weighted by Crippen LogP contribution is -2.21. The number of unbranched alkanes of at least 4 members (excludes halogenated alkanes) is 1. The molecule has 14 heavy (non-hydrogen) atoms. The van der Waals surface area contributed by atoms with E-state index >= 15 is 0 Å². The van der Waals surface area contributed by atoms with Crippen molar-refractivity contribution in [2.75, 3.05) is 26.3 Å². The molecule has 0 aromatic carbocycles. The average Bonchev–Trinajstić information content (AvgIpc) is 2.08. The first-order valence-corrected chi connectivity index (χ1v) is 4.91. The van der Waals surface area contributed by atoms with Gasteiger partial charge in [-0.1, -0.05) is 0 Å². The highest BCUT2D eigenvalue weighted by Gasteiger charge is 2.25. The van der Waals surface area contributed by atoms with Crippen LogP contribution in [0.2, 0.25) is 0 Å². The van der Waals surface area contributed by atoms with E-state index in [0.29, 0.717) is 32.7 Å². The summed E-state index contributed by atoms with van der Waals surface area (Å²) in [6.07, 6.45) is -3.93. The molecule has 0 rings (SSSR count). The van der Waals surface area contributed by atoms with Crippen LogP contribution in [0.5, 0.6) is 0 Å². The van der Waals surface area contributed by atoms with Crippen LogP contribution in [0.1, 0.15) is 26.2 Å². The minimum atomic E-state index is -4.01. The van der Waals surface area contributed by atoms with Crippen molar-refractivity contribution in [3.05, 3.63) is 0 Å². The van der Waals surface area contributed by atoms with Crippen molar-refractivity contribution in [3.8, 4) is 0 Å². The summed E-state index contributed by atoms with van der Waals surface area (Å²) in [5.74, 6) is 0. The third-order valence-electron chi connectivity index (χ3n) is 1.69. The highest BCUT2D eigenvalue weighted by molar-refractivity contribution is 4.53. The van der Waals surface area contributed by atoms with E-state index in [1.54, 1.807) is 0 Å². The third-order valence-corrected chi connectivity index (χ3v) is 1.69. The largest absolute Gasteiger partial charge is 0.389 e. The van der Waals surface area contributed by atoms with Crippen LogP contribution in [0, 0.1) is 0 Å². The van der Waals surface area contributed by atoms with Gasteiger partial charge in [-0.3, -0.25) is 0 Å². The lowest BCUT2D eigenvalue weighted by molar-refractivity contribution is -0.135. The van der Waals surface area contributed by atoms with Crippen LogP contribution in [0.3, 0.4) is 0 Å². The topological polar surface area (TPSA) is 21.3 Å². The van der Waals surface area contributed by atoms with E-state index in [1.165, 1.54) is 0 Å². The fraction of sp³-hybridized carbons (Fsp3) is 1.00. The molecule has 0 aliphatic rings. The fourth-order valence-corrected chi connectivity index (χ4v) is 0.989. The zero-order valence-corrected chi connectivity index (χ0v) is 8.49. The SMILES string of the molecule is CCOCCNCCCCC(F)(F)F. The number of hydrogen-bond acceptors (Lipinski definition) is 2. The number of halogens is 3. The zero-order valence-electron chi connectivity index (χ0n) is 8.49. The summed E-state index contributed by atoms with van der Waals surface area (Å²) in [4.78, 5) is 0. The number of rotatable bonds is 8. The summed E-state index contributed by atoms with van der Waals surface area (Å²) in [6.45, 7) is 4.54. The van der Waals surface area contributed by atoms with E-state index in [4.69, 9.17) is 4.74 Å². The second-order valence-electron chi connectivity index (χ2n) is 3.02. The van der Waals surface area contributed by atoms with Gasteiger partial charge in [0.15, 0.2) is 0 Å². The fourth-order valence-electron chi connectivity index (χ4n) is 0.989. The first-order chi connectivity index (χ1) is 6.56. The van der Waals surface area contributed by atoms with Gasteiger partial charge in [-0.05, 0) is 26.3 Å². The normalized spacial score (nSPS) is 12.0. The van der Waals surface area contributed by atoms with Gasteiger partial charge >= 0.3 is 6.18 Å². The number of nitrogens with one attached hydrogen (secondary N) is 1. The molecule has 0 unspecified atom stereocenters. The van der Waals surface area contributed by atoms with Crippen molar-refractivity contribution in [1.82, 2.24) is 5.32 Å². The van der Waals surface area contributed by atoms with Crippen molar-refractivity contribution >= 4 is 0 Å². The second-order valence-corrected chi connectivity index (χ2v) is 3.02. The Labute approximate surface area is 82.8 Å². The Morgan fingerprint density at radius 1 is 1.14 bits per heavy atom. The van der Waals surface area contributed by atoms with Crippen LogP contribution < -0.4 is 5.32 Å². The predicted molar refractivity (Wildman–Crippen MR) is 49.3 cm³/mol. The van der Waals surface area contributed by atoms with Crippen molar-refractivity contribution in [2.45, 2.75) is 32.4 Å². The molecule has 86 valence electrons. The molecular weight excluding hydrogens is 195 g/mol. The van der Waals surface area contributed by atoms with Gasteiger partial charge in [-0.25, -0.2) is 0 Å². The lowest BCUT2D eigenvalue weighted by Gasteiger charge is -2.06. The first-order valence-electron chi connectivity index (χ1n) is 4.91. The van der Waals surface area contributed by atoms with E-state index in [2.05, 4.69) is 5.32 Å². The van der Waals surface area contributed by atoms with E-state index in [9.17, 15) is 13.2 Å². The molecule has 0 aliphatic heterocycles. The summed E-state index contributed by atoms with van der Waals surface area (Å²) in [5.41, 5.74) is 0. The molecule has 0 spiro atoms. The molecule has 0 amide bonds. The van der Waals surface area contributed by atoms with Gasteiger partial charge in [0.05, 0.1) is 6.61 Å². The summed E-state index contributed by atoms with van der Waals surface area (Å²) in [5, 5.41) is 3.01. The van der Waals surface area contributed by atoms with Crippen molar-refractivity contribution in [1.29, 1.82) is 0 Å². The van der Waals surface area contributed by atoms with Gasteiger partial charge in [0.25, 0.3) is 0 Å². The molecule has 0 aromatic rings. The molecule has 0 heterocycles. The van der Waals surface area contributed by atoms with Gasteiger partial charge in [-0.15, -0.1) is 0 Å². The maximum Gasteiger partial charge on any atom is 0.389 e. The van der Waals surface area contributed by atoms with Gasteiger partial charge in [0.2, 0.25) is 0 Å². The number of hydrogen-bond donors (Lipinski definition) is 1. The molecule has 0 aromatic heterocycles. The van der Waals surface area contributed by atoms with Crippen molar-refractivity contribution < 1.29 is 17.9 Å². The smallest absolute Gasteiger partial charge is 0.380 e. The summed E-state index contributed by atoms with van der Waals surface area (Å²) >= 11 is 0. The molecule has 2 nitrogen and oxygen atoms in total. The molecule has 0 atom stereocenters. The highest BCUT2D eigenvalue weighted by atomic mass is 19.4. The van der Waals surface area contributed by atoms with E-state index in [0.717, 1.165) is 0 Å². The molecule has 5 heteroatoms. The Bertz CT molecular complexity index is 128. The minimum Gasteiger partial charge on any atom is -0.380 e. The van der Waals surface area contributed by atoms with Crippen LogP contribution in [0.25, 0.3) is 0 Å². The number of ether oxygens (including phenoxy) is 1. The third kappa shape index (κ3) is 11.7. The Balaban J connectivity index is 2.99. The molecule has 0 radical (unpaired) electrons. The zero-order chi connectivity index (χ0) is 10.9. The molecule has 1 N–H and O–H groups in total. The van der Waals surface area contributed by atoms with Crippen LogP contribution in [-0.4, -0.2) is 32.5 Å². The van der Waals surface area contributed by atoms with E-state index < -0.39 is 12.6 Å². The van der Waals surface area contributed by atoms with Crippen LogP contribution in [-0.2, 0) is 4.74 Å². The molecule has 0 bridgehead atoms. The Hall–Kier alpha value is -0.290. The Morgan fingerprint density at radius 2 is 1.86 bits per heavy atom. The first kappa shape index (κ1) is 13.7. The van der Waals surface area contributed by atoms with Crippen LogP contribution in [0.4, 0.5) is 13.2 Å². The van der Waals surface area contributed by atoms with Crippen LogP contribution in [0.15, 0.2) is 0 Å². The minimum absolute atomic E-state index is 0.200. The summed E-state index contributed by atoms with van der Waals surface area (Å²) in [6, 6.07) is 0. The molecule has 0 fully saturated rings. The summed E-state index contributed by atoms with van der Waals surface area (Å²) < 4.78 is 40.1. The maximum atomic E-state index is 11.7. The van der Waals surface area contributed by atoms with Gasteiger partial charge in [0.1, 0.15) is 0 Å². The standard InChI is InChI=1S/C9H18F3NO/c1-2-14-8-7-13-6-4-3-5-9(10,11)12/h13H,2-8H2,1H3. The lowest BCUT2D eigenvalue weighted by atomic mass is 10.2. The van der Waals surface area contributed by atoms with Gasteiger partial charge in [0, 0.05) is 19.6 Å². The molecule has 0 saturated carbocycles. The van der Waals surface area contributed by atoms with Crippen molar-refractivity contribution in [3.63, 3.8) is 0 Å². The quantitative estimate of drug-likeness (QED) is 0.625. The van der Waals surface area contributed by atoms with Gasteiger partial charge < -0.3 is 10.1 Å². The van der Waals surface area contributed by atoms with E-state index in [-0.39, 0.29) is 6.42 Å². The number of alkyl halides is 3. The second kappa shape index (κ2) is 8.05. The van der Waals surface area contributed by atoms with Gasteiger partial charge in [-0.2, -0.15) is 13.2 Å². The van der Waals surface area contributed by atoms with Crippen molar-refractivity contribution in [2.24, 2.45) is 0 Å². The molecular formula is C9H18F3NO. The Kier molecular flexibility index (Phi) is 7.89. The Morgan fingerprint density at radius 3 is 2.43 bits per heavy atom. The van der Waals surface area contributed by atoms with Crippen LogP contribution >= 0.6 is 0 Å². The maximum absolute atomic E-state index is 11.7. The predicted octanol–water partition coefficient (Wildman–Crippen LogP) is 2.35. The average molecular weight is 213 g/mol. The van der Waals surface area contributed by atoms with E-state index in [1.807, 2.05) is 6.92 Å². The monoisotopic (exact) mass is 213 g/mol.